The Hall–Kier alpha value is -2.42. The topological polar surface area (TPSA) is 70.6 Å². The molecule has 0 saturated carbocycles. The first kappa shape index (κ1) is 14.0. The Morgan fingerprint density at radius 2 is 2.25 bits per heavy atom. The molecular weight excluding hydrogens is 252 g/mol. The van der Waals surface area contributed by atoms with Crippen molar-refractivity contribution in [3.05, 3.63) is 24.2 Å². The molecule has 2 aromatic rings. The molecule has 0 N–H and O–H groups in total. The van der Waals surface area contributed by atoms with Gasteiger partial charge in [0.2, 0.25) is 5.95 Å². The van der Waals surface area contributed by atoms with Crippen LogP contribution in [0, 0.1) is 18.3 Å². The van der Waals surface area contributed by atoms with E-state index < -0.39 is 0 Å². The van der Waals surface area contributed by atoms with Crippen molar-refractivity contribution in [1.29, 1.82) is 5.26 Å². The molecule has 0 aliphatic heterocycles. The molecule has 0 spiro atoms. The molecule has 0 aliphatic rings. The Kier molecular flexibility index (Phi) is 4.31. The highest BCUT2D eigenvalue weighted by Gasteiger charge is 2.11. The number of hydrogen-bond acceptors (Lipinski definition) is 5. The van der Waals surface area contributed by atoms with Gasteiger partial charge in [-0.25, -0.2) is 9.97 Å². The summed E-state index contributed by atoms with van der Waals surface area (Å²) in [5.41, 5.74) is 2.64. The Morgan fingerprint density at radius 3 is 2.95 bits per heavy atom. The van der Waals surface area contributed by atoms with Gasteiger partial charge in [-0.1, -0.05) is 6.92 Å². The predicted molar refractivity (Wildman–Crippen MR) is 77.2 cm³/mol. The third kappa shape index (κ3) is 2.94. The van der Waals surface area contributed by atoms with Gasteiger partial charge in [-0.3, -0.25) is 4.68 Å². The van der Waals surface area contributed by atoms with Crippen molar-refractivity contribution in [1.82, 2.24) is 19.7 Å². The Morgan fingerprint density at radius 1 is 1.45 bits per heavy atom. The first-order valence-electron chi connectivity index (χ1n) is 6.61. The van der Waals surface area contributed by atoms with Crippen LogP contribution in [0.2, 0.25) is 0 Å². The number of aryl methyl sites for hydroxylation is 1. The molecule has 0 amide bonds. The summed E-state index contributed by atoms with van der Waals surface area (Å²) in [6.07, 6.45) is 4.65. The van der Waals surface area contributed by atoms with Crippen LogP contribution in [-0.4, -0.2) is 33.3 Å². The quantitative estimate of drug-likeness (QED) is 0.831. The largest absolute Gasteiger partial charge is 0.344 e. The maximum atomic E-state index is 8.72. The fraction of sp³-hybridized carbons (Fsp3) is 0.429. The average molecular weight is 270 g/mol. The predicted octanol–water partition coefficient (Wildman–Crippen LogP) is 2.02. The summed E-state index contributed by atoms with van der Waals surface area (Å²) in [5.74, 6) is 0.705. The zero-order chi connectivity index (χ0) is 14.5. The minimum Gasteiger partial charge on any atom is -0.344 e. The third-order valence-electron chi connectivity index (χ3n) is 3.00. The van der Waals surface area contributed by atoms with Crippen LogP contribution in [0.3, 0.4) is 0 Å². The van der Waals surface area contributed by atoms with Crippen molar-refractivity contribution in [2.75, 3.05) is 18.5 Å². The summed E-state index contributed by atoms with van der Waals surface area (Å²) in [5, 5.41) is 13.0. The number of hydrogen-bond donors (Lipinski definition) is 0. The van der Waals surface area contributed by atoms with Crippen molar-refractivity contribution >= 4 is 5.95 Å². The highest BCUT2D eigenvalue weighted by atomic mass is 15.3. The van der Waals surface area contributed by atoms with E-state index >= 15 is 0 Å². The smallest absolute Gasteiger partial charge is 0.225 e. The molecule has 0 aromatic carbocycles. The van der Waals surface area contributed by atoms with Crippen LogP contribution < -0.4 is 4.90 Å². The van der Waals surface area contributed by atoms with Gasteiger partial charge in [-0.05, 0) is 19.4 Å². The van der Waals surface area contributed by atoms with Gasteiger partial charge >= 0.3 is 0 Å². The molecule has 0 atom stereocenters. The maximum Gasteiger partial charge on any atom is 0.225 e. The second-order valence-corrected chi connectivity index (χ2v) is 4.65. The van der Waals surface area contributed by atoms with E-state index in [1.54, 1.807) is 10.9 Å². The summed E-state index contributed by atoms with van der Waals surface area (Å²) in [6.45, 7) is 5.20. The Labute approximate surface area is 118 Å². The van der Waals surface area contributed by atoms with E-state index in [2.05, 4.69) is 28.1 Å². The molecule has 0 radical (unpaired) electrons. The van der Waals surface area contributed by atoms with E-state index in [-0.39, 0.29) is 6.54 Å². The fourth-order valence-corrected chi connectivity index (χ4v) is 2.04. The second kappa shape index (κ2) is 6.15. The molecule has 6 heteroatoms. The first-order valence-corrected chi connectivity index (χ1v) is 6.61. The third-order valence-corrected chi connectivity index (χ3v) is 3.00. The lowest BCUT2D eigenvalue weighted by atomic mass is 10.2. The summed E-state index contributed by atoms with van der Waals surface area (Å²) in [6, 6.07) is 3.95. The fourth-order valence-electron chi connectivity index (χ4n) is 2.04. The van der Waals surface area contributed by atoms with Gasteiger partial charge in [0, 0.05) is 31.5 Å². The van der Waals surface area contributed by atoms with E-state index in [0.29, 0.717) is 5.95 Å². The lowest BCUT2D eigenvalue weighted by molar-refractivity contribution is 0.701. The second-order valence-electron chi connectivity index (χ2n) is 4.65. The molecule has 0 unspecified atom stereocenters. The van der Waals surface area contributed by atoms with Crippen molar-refractivity contribution in [3.8, 4) is 17.3 Å². The summed E-state index contributed by atoms with van der Waals surface area (Å²) in [4.78, 5) is 10.9. The molecule has 20 heavy (non-hydrogen) atoms. The van der Waals surface area contributed by atoms with E-state index in [4.69, 9.17) is 5.26 Å². The van der Waals surface area contributed by atoms with Crippen LogP contribution in [0.1, 0.15) is 19.0 Å². The van der Waals surface area contributed by atoms with Crippen LogP contribution in [-0.2, 0) is 6.54 Å². The van der Waals surface area contributed by atoms with E-state index in [9.17, 15) is 0 Å². The molecule has 2 aromatic heterocycles. The normalized spacial score (nSPS) is 10.3. The molecule has 104 valence electrons. The average Bonchev–Trinajstić information content (AvgIpc) is 2.80. The molecule has 0 fully saturated rings. The number of aromatic nitrogens is 4. The van der Waals surface area contributed by atoms with Gasteiger partial charge in [0.1, 0.15) is 6.54 Å². The minimum absolute atomic E-state index is 0.245. The maximum absolute atomic E-state index is 8.72. The Bertz CT molecular complexity index is 625. The highest BCUT2D eigenvalue weighted by Crippen LogP contribution is 2.21. The molecular formula is C14H18N6. The van der Waals surface area contributed by atoms with Crippen molar-refractivity contribution in [2.24, 2.45) is 0 Å². The molecule has 0 bridgehead atoms. The molecule has 6 nitrogen and oxygen atoms in total. The van der Waals surface area contributed by atoms with E-state index in [0.717, 1.165) is 29.9 Å². The molecule has 2 heterocycles. The van der Waals surface area contributed by atoms with Gasteiger partial charge < -0.3 is 4.90 Å². The van der Waals surface area contributed by atoms with Gasteiger partial charge in [-0.2, -0.15) is 10.4 Å². The molecule has 0 saturated heterocycles. The van der Waals surface area contributed by atoms with Crippen LogP contribution in [0.5, 0.6) is 0 Å². The standard InChI is InChI=1S/C14H18N6/c1-4-8-19(3)14-16-7-5-13(17-14)12-10-20(9-6-15)18-11(12)2/h5,7,10H,4,8-9H2,1-3H3. The lowest BCUT2D eigenvalue weighted by Gasteiger charge is -2.15. The summed E-state index contributed by atoms with van der Waals surface area (Å²) < 4.78 is 1.63. The number of anilines is 1. The summed E-state index contributed by atoms with van der Waals surface area (Å²) in [7, 11) is 1.98. The van der Waals surface area contributed by atoms with Gasteiger partial charge in [0.05, 0.1) is 17.5 Å². The SMILES string of the molecule is CCCN(C)c1nccc(-c2cn(CC#N)nc2C)n1. The Balaban J connectivity index is 2.33. The van der Waals surface area contributed by atoms with E-state index in [1.165, 1.54) is 0 Å². The molecule has 0 aliphatic carbocycles. The van der Waals surface area contributed by atoms with Gasteiger partial charge in [0.15, 0.2) is 0 Å². The zero-order valence-corrected chi connectivity index (χ0v) is 12.0. The number of nitrogens with zero attached hydrogens (tertiary/aromatic N) is 6. The number of rotatable bonds is 5. The van der Waals surface area contributed by atoms with Crippen molar-refractivity contribution in [3.63, 3.8) is 0 Å². The van der Waals surface area contributed by atoms with Gasteiger partial charge in [0.25, 0.3) is 0 Å². The minimum atomic E-state index is 0.245. The van der Waals surface area contributed by atoms with Crippen molar-refractivity contribution < 1.29 is 0 Å². The summed E-state index contributed by atoms with van der Waals surface area (Å²) >= 11 is 0. The monoisotopic (exact) mass is 270 g/mol. The van der Waals surface area contributed by atoms with Crippen LogP contribution >= 0.6 is 0 Å². The zero-order valence-electron chi connectivity index (χ0n) is 12.0. The van der Waals surface area contributed by atoms with Crippen molar-refractivity contribution in [2.45, 2.75) is 26.8 Å². The van der Waals surface area contributed by atoms with Crippen LogP contribution in [0.25, 0.3) is 11.3 Å². The van der Waals surface area contributed by atoms with Crippen LogP contribution in [0.15, 0.2) is 18.5 Å². The lowest BCUT2D eigenvalue weighted by Crippen LogP contribution is -2.20. The first-order chi connectivity index (χ1) is 9.65. The highest BCUT2D eigenvalue weighted by molar-refractivity contribution is 5.61. The number of nitriles is 1. The van der Waals surface area contributed by atoms with E-state index in [1.807, 2.05) is 31.1 Å². The molecule has 2 rings (SSSR count). The van der Waals surface area contributed by atoms with Crippen LogP contribution in [0.4, 0.5) is 5.95 Å². The van der Waals surface area contributed by atoms with Gasteiger partial charge in [-0.15, -0.1) is 0 Å².